The van der Waals surface area contributed by atoms with Gasteiger partial charge in [-0.3, -0.25) is 9.58 Å². The summed E-state index contributed by atoms with van der Waals surface area (Å²) in [7, 11) is 0. The Kier molecular flexibility index (Phi) is 3.16. The number of aromatic nitrogens is 2. The van der Waals surface area contributed by atoms with Crippen LogP contribution in [0.3, 0.4) is 0 Å². The lowest BCUT2D eigenvalue weighted by Gasteiger charge is -2.31. The van der Waals surface area contributed by atoms with Crippen LogP contribution in [0.25, 0.3) is 0 Å². The molecule has 78 valence electrons. The van der Waals surface area contributed by atoms with Crippen LogP contribution in [0.2, 0.25) is 0 Å². The molecular weight excluding hydrogens is 176 g/mol. The Hall–Kier alpha value is -0.870. The molecule has 0 radical (unpaired) electrons. The van der Waals surface area contributed by atoms with Gasteiger partial charge in [0.15, 0.2) is 0 Å². The van der Waals surface area contributed by atoms with Gasteiger partial charge in [-0.15, -0.1) is 0 Å². The minimum absolute atomic E-state index is 0.626. The summed E-state index contributed by atoms with van der Waals surface area (Å²) in [6.07, 6.45) is 3.85. The SMILES string of the molecule is C[C@@H]1CN(CCn2cccn2)CCN1. The van der Waals surface area contributed by atoms with Crippen molar-refractivity contribution in [3.05, 3.63) is 18.5 Å². The zero-order valence-electron chi connectivity index (χ0n) is 8.69. The molecule has 1 N–H and O–H groups in total. The average molecular weight is 194 g/mol. The normalized spacial score (nSPS) is 23.9. The van der Waals surface area contributed by atoms with E-state index in [1.54, 1.807) is 0 Å². The van der Waals surface area contributed by atoms with Gasteiger partial charge in [-0.2, -0.15) is 5.10 Å². The standard InChI is InChI=1S/C10H18N4/c1-10-9-13(6-4-11-10)7-8-14-5-2-3-12-14/h2-3,5,10-11H,4,6-9H2,1H3/t10-/m1/s1. The Labute approximate surface area is 84.9 Å². The van der Waals surface area contributed by atoms with E-state index in [2.05, 4.69) is 22.2 Å². The van der Waals surface area contributed by atoms with E-state index in [0.717, 1.165) is 32.7 Å². The number of hydrogen-bond acceptors (Lipinski definition) is 3. The van der Waals surface area contributed by atoms with Gasteiger partial charge < -0.3 is 5.32 Å². The van der Waals surface area contributed by atoms with Crippen LogP contribution in [-0.2, 0) is 6.54 Å². The fourth-order valence-electron chi connectivity index (χ4n) is 1.89. The summed E-state index contributed by atoms with van der Waals surface area (Å²) in [6, 6.07) is 2.60. The molecule has 0 saturated carbocycles. The molecule has 4 heteroatoms. The molecule has 2 heterocycles. The Morgan fingerprint density at radius 3 is 3.14 bits per heavy atom. The van der Waals surface area contributed by atoms with Crippen molar-refractivity contribution in [2.45, 2.75) is 19.5 Å². The number of piperazine rings is 1. The maximum absolute atomic E-state index is 4.19. The van der Waals surface area contributed by atoms with Gasteiger partial charge >= 0.3 is 0 Å². The summed E-state index contributed by atoms with van der Waals surface area (Å²) in [4.78, 5) is 2.49. The molecule has 4 nitrogen and oxygen atoms in total. The van der Waals surface area contributed by atoms with Crippen molar-refractivity contribution in [3.63, 3.8) is 0 Å². The van der Waals surface area contributed by atoms with E-state index in [-0.39, 0.29) is 0 Å². The van der Waals surface area contributed by atoms with E-state index in [9.17, 15) is 0 Å². The Bertz CT molecular complexity index is 257. The summed E-state index contributed by atoms with van der Waals surface area (Å²) < 4.78 is 1.99. The lowest BCUT2D eigenvalue weighted by Crippen LogP contribution is -2.49. The number of nitrogens with one attached hydrogen (secondary N) is 1. The first-order valence-electron chi connectivity index (χ1n) is 5.28. The Balaban J connectivity index is 1.75. The van der Waals surface area contributed by atoms with Crippen LogP contribution in [0, 0.1) is 0 Å². The quantitative estimate of drug-likeness (QED) is 0.745. The highest BCUT2D eigenvalue weighted by Gasteiger charge is 2.14. The fourth-order valence-corrected chi connectivity index (χ4v) is 1.89. The maximum atomic E-state index is 4.19. The first-order chi connectivity index (χ1) is 6.84. The van der Waals surface area contributed by atoms with Gasteiger partial charge in [0.05, 0.1) is 6.54 Å². The third kappa shape index (κ3) is 2.56. The molecule has 0 aromatic carbocycles. The molecule has 1 atom stereocenters. The fraction of sp³-hybridized carbons (Fsp3) is 0.700. The third-order valence-corrected chi connectivity index (χ3v) is 2.66. The Morgan fingerprint density at radius 2 is 2.43 bits per heavy atom. The molecule has 0 spiro atoms. The minimum Gasteiger partial charge on any atom is -0.312 e. The molecule has 1 aliphatic heterocycles. The molecule has 1 saturated heterocycles. The predicted molar refractivity (Wildman–Crippen MR) is 56.1 cm³/mol. The van der Waals surface area contributed by atoms with Crippen molar-refractivity contribution in [2.75, 3.05) is 26.2 Å². The number of hydrogen-bond donors (Lipinski definition) is 1. The van der Waals surface area contributed by atoms with Crippen LogP contribution in [0.1, 0.15) is 6.92 Å². The lowest BCUT2D eigenvalue weighted by atomic mass is 10.2. The summed E-state index contributed by atoms with van der Waals surface area (Å²) in [6.45, 7) is 7.76. The first kappa shape index (κ1) is 9.68. The highest BCUT2D eigenvalue weighted by molar-refractivity contribution is 4.79. The lowest BCUT2D eigenvalue weighted by molar-refractivity contribution is 0.198. The average Bonchev–Trinajstić information content (AvgIpc) is 2.67. The summed E-state index contributed by atoms with van der Waals surface area (Å²) in [5, 5.41) is 7.64. The molecule has 1 aromatic heterocycles. The third-order valence-electron chi connectivity index (χ3n) is 2.66. The smallest absolute Gasteiger partial charge is 0.0536 e. The summed E-state index contributed by atoms with van der Waals surface area (Å²) in [5.41, 5.74) is 0. The second kappa shape index (κ2) is 4.57. The molecule has 2 rings (SSSR count). The van der Waals surface area contributed by atoms with Crippen LogP contribution in [0.4, 0.5) is 0 Å². The van der Waals surface area contributed by atoms with Gasteiger partial charge in [0.25, 0.3) is 0 Å². The van der Waals surface area contributed by atoms with Crippen LogP contribution in [-0.4, -0.2) is 46.9 Å². The highest BCUT2D eigenvalue weighted by atomic mass is 15.3. The molecule has 0 unspecified atom stereocenters. The van der Waals surface area contributed by atoms with Gasteiger partial charge in [-0.25, -0.2) is 0 Å². The van der Waals surface area contributed by atoms with E-state index in [1.807, 2.05) is 23.1 Å². The van der Waals surface area contributed by atoms with Crippen LogP contribution in [0.15, 0.2) is 18.5 Å². The van der Waals surface area contributed by atoms with E-state index >= 15 is 0 Å². The van der Waals surface area contributed by atoms with Crippen molar-refractivity contribution in [1.82, 2.24) is 20.0 Å². The summed E-state index contributed by atoms with van der Waals surface area (Å²) in [5.74, 6) is 0. The van der Waals surface area contributed by atoms with E-state index < -0.39 is 0 Å². The second-order valence-corrected chi connectivity index (χ2v) is 3.92. The Morgan fingerprint density at radius 1 is 1.50 bits per heavy atom. The zero-order valence-corrected chi connectivity index (χ0v) is 8.69. The number of nitrogens with zero attached hydrogens (tertiary/aromatic N) is 3. The molecule has 1 fully saturated rings. The van der Waals surface area contributed by atoms with Crippen LogP contribution < -0.4 is 5.32 Å². The van der Waals surface area contributed by atoms with Crippen molar-refractivity contribution in [2.24, 2.45) is 0 Å². The van der Waals surface area contributed by atoms with Crippen molar-refractivity contribution in [1.29, 1.82) is 0 Å². The first-order valence-corrected chi connectivity index (χ1v) is 5.28. The van der Waals surface area contributed by atoms with Crippen molar-refractivity contribution >= 4 is 0 Å². The predicted octanol–water partition coefficient (Wildman–Crippen LogP) is 0.177. The molecule has 1 aliphatic rings. The van der Waals surface area contributed by atoms with Gasteiger partial charge in [0.1, 0.15) is 0 Å². The van der Waals surface area contributed by atoms with E-state index in [4.69, 9.17) is 0 Å². The van der Waals surface area contributed by atoms with Gasteiger partial charge in [-0.1, -0.05) is 0 Å². The maximum Gasteiger partial charge on any atom is 0.0536 e. The molecular formula is C10H18N4. The van der Waals surface area contributed by atoms with Crippen molar-refractivity contribution < 1.29 is 0 Å². The molecule has 0 bridgehead atoms. The van der Waals surface area contributed by atoms with Crippen LogP contribution >= 0.6 is 0 Å². The molecule has 0 aliphatic carbocycles. The van der Waals surface area contributed by atoms with E-state index in [0.29, 0.717) is 6.04 Å². The molecule has 14 heavy (non-hydrogen) atoms. The summed E-state index contributed by atoms with van der Waals surface area (Å²) >= 11 is 0. The van der Waals surface area contributed by atoms with Gasteiger partial charge in [-0.05, 0) is 13.0 Å². The van der Waals surface area contributed by atoms with Gasteiger partial charge in [0.2, 0.25) is 0 Å². The monoisotopic (exact) mass is 194 g/mol. The van der Waals surface area contributed by atoms with E-state index in [1.165, 1.54) is 0 Å². The van der Waals surface area contributed by atoms with Gasteiger partial charge in [0, 0.05) is 44.6 Å². The topological polar surface area (TPSA) is 33.1 Å². The largest absolute Gasteiger partial charge is 0.312 e. The number of rotatable bonds is 3. The van der Waals surface area contributed by atoms with Crippen molar-refractivity contribution in [3.8, 4) is 0 Å². The van der Waals surface area contributed by atoms with Crippen LogP contribution in [0.5, 0.6) is 0 Å². The molecule has 0 amide bonds. The highest BCUT2D eigenvalue weighted by Crippen LogP contribution is 1.98. The minimum atomic E-state index is 0.626. The molecule has 1 aromatic rings. The zero-order chi connectivity index (χ0) is 9.80. The second-order valence-electron chi connectivity index (χ2n) is 3.92.